The van der Waals surface area contributed by atoms with Gasteiger partial charge in [0.1, 0.15) is 0 Å². The van der Waals surface area contributed by atoms with Crippen molar-refractivity contribution in [3.8, 4) is 0 Å². The number of piperidine rings is 1. The lowest BCUT2D eigenvalue weighted by molar-refractivity contribution is -0.114. The molecule has 0 aliphatic carbocycles. The first kappa shape index (κ1) is 25.1. The summed E-state index contributed by atoms with van der Waals surface area (Å²) in [6.07, 6.45) is 3.78. The summed E-state index contributed by atoms with van der Waals surface area (Å²) in [7, 11) is 0. The number of aryl methyl sites for hydroxylation is 1. The smallest absolute Gasteiger partial charge is 0.243 e. The number of anilines is 2. The lowest BCUT2D eigenvalue weighted by atomic mass is 10.1. The van der Waals surface area contributed by atoms with Gasteiger partial charge in [-0.25, -0.2) is 8.78 Å². The van der Waals surface area contributed by atoms with Crippen molar-refractivity contribution in [3.05, 3.63) is 59.2 Å². The van der Waals surface area contributed by atoms with Gasteiger partial charge in [0.25, 0.3) is 0 Å². The Labute approximate surface area is 182 Å². The number of benzene rings is 2. The Morgan fingerprint density at radius 2 is 1.72 bits per heavy atom. The Balaban J connectivity index is 0.00000210. The molecular formula is C21H27Cl2F2N3O. The molecule has 29 heavy (non-hydrogen) atoms. The number of likely N-dealkylation sites (tertiary alicyclic amines) is 1. The molecule has 2 aromatic rings. The van der Waals surface area contributed by atoms with Crippen LogP contribution in [0, 0.1) is 18.6 Å². The van der Waals surface area contributed by atoms with E-state index in [0.717, 1.165) is 43.0 Å². The first-order chi connectivity index (χ1) is 13.0. The van der Waals surface area contributed by atoms with E-state index in [4.69, 9.17) is 0 Å². The highest BCUT2D eigenvalue weighted by atomic mass is 35.5. The zero-order chi connectivity index (χ0) is 19.2. The molecule has 0 spiro atoms. The molecule has 8 heteroatoms. The molecule has 0 bridgehead atoms. The van der Waals surface area contributed by atoms with Crippen molar-refractivity contribution in [2.24, 2.45) is 0 Å². The number of hydrogen-bond acceptors (Lipinski definition) is 3. The minimum Gasteiger partial charge on any atom is -0.376 e. The van der Waals surface area contributed by atoms with Crippen molar-refractivity contribution >= 4 is 42.1 Å². The van der Waals surface area contributed by atoms with Crippen LogP contribution in [0.15, 0.2) is 36.4 Å². The molecular weight excluding hydrogens is 419 g/mol. The Hall–Kier alpha value is -1.89. The Morgan fingerprint density at radius 1 is 1.00 bits per heavy atom. The lowest BCUT2D eigenvalue weighted by Crippen LogP contribution is -2.29. The van der Waals surface area contributed by atoms with Gasteiger partial charge < -0.3 is 10.6 Å². The third-order valence-electron chi connectivity index (χ3n) is 4.80. The van der Waals surface area contributed by atoms with E-state index in [9.17, 15) is 13.6 Å². The van der Waals surface area contributed by atoms with Crippen LogP contribution in [0.4, 0.5) is 20.2 Å². The average Bonchev–Trinajstić information content (AvgIpc) is 2.66. The average molecular weight is 446 g/mol. The fraction of sp³-hybridized carbons (Fsp3) is 0.381. The summed E-state index contributed by atoms with van der Waals surface area (Å²) in [5.74, 6) is -2.09. The molecule has 3 rings (SSSR count). The van der Waals surface area contributed by atoms with Crippen molar-refractivity contribution in [1.82, 2.24) is 4.90 Å². The predicted molar refractivity (Wildman–Crippen MR) is 118 cm³/mol. The predicted octanol–water partition coefficient (Wildman–Crippen LogP) is 5.15. The molecule has 1 fully saturated rings. The largest absolute Gasteiger partial charge is 0.376 e. The highest BCUT2D eigenvalue weighted by Gasteiger charge is 2.12. The number of halogens is 4. The van der Waals surface area contributed by atoms with Crippen molar-refractivity contribution in [2.45, 2.75) is 32.7 Å². The Kier molecular flexibility index (Phi) is 10.4. The molecule has 0 aromatic heterocycles. The van der Waals surface area contributed by atoms with Gasteiger partial charge in [-0.05, 0) is 62.2 Å². The number of nitrogens with zero attached hydrogens (tertiary/aromatic N) is 1. The maximum Gasteiger partial charge on any atom is 0.243 e. The van der Waals surface area contributed by atoms with Crippen LogP contribution in [0.2, 0.25) is 0 Å². The van der Waals surface area contributed by atoms with Crippen molar-refractivity contribution in [1.29, 1.82) is 0 Å². The van der Waals surface area contributed by atoms with Gasteiger partial charge in [0.15, 0.2) is 11.6 Å². The molecule has 0 unspecified atom stereocenters. The molecule has 1 amide bonds. The molecule has 1 heterocycles. The summed E-state index contributed by atoms with van der Waals surface area (Å²) < 4.78 is 26.2. The van der Waals surface area contributed by atoms with Crippen LogP contribution in [0.3, 0.4) is 0 Å². The van der Waals surface area contributed by atoms with Gasteiger partial charge in [0.05, 0.1) is 6.54 Å². The van der Waals surface area contributed by atoms with E-state index in [0.29, 0.717) is 5.69 Å². The summed E-state index contributed by atoms with van der Waals surface area (Å²) in [5, 5.41) is 5.70. The second-order valence-electron chi connectivity index (χ2n) is 7.02. The van der Waals surface area contributed by atoms with Gasteiger partial charge in [-0.1, -0.05) is 18.6 Å². The first-order valence-electron chi connectivity index (χ1n) is 9.32. The zero-order valence-electron chi connectivity index (χ0n) is 16.3. The van der Waals surface area contributed by atoms with E-state index in [1.807, 2.05) is 19.1 Å². The van der Waals surface area contributed by atoms with E-state index >= 15 is 0 Å². The maximum absolute atomic E-state index is 13.2. The van der Waals surface area contributed by atoms with Crippen LogP contribution in [-0.4, -0.2) is 30.4 Å². The normalized spacial score (nSPS) is 13.8. The minimum atomic E-state index is -0.943. The van der Waals surface area contributed by atoms with E-state index < -0.39 is 11.6 Å². The van der Waals surface area contributed by atoms with Crippen molar-refractivity contribution < 1.29 is 13.6 Å². The number of rotatable bonds is 6. The summed E-state index contributed by atoms with van der Waals surface area (Å²) in [4.78, 5) is 14.7. The van der Waals surface area contributed by atoms with E-state index in [1.165, 1.54) is 30.9 Å². The van der Waals surface area contributed by atoms with Gasteiger partial charge in [0.2, 0.25) is 5.91 Å². The molecule has 160 valence electrons. The van der Waals surface area contributed by atoms with Crippen LogP contribution in [0.25, 0.3) is 0 Å². The third kappa shape index (κ3) is 7.46. The second kappa shape index (κ2) is 12.0. The molecule has 0 saturated carbocycles. The van der Waals surface area contributed by atoms with Gasteiger partial charge in [-0.3, -0.25) is 9.69 Å². The molecule has 1 aliphatic rings. The van der Waals surface area contributed by atoms with E-state index in [2.05, 4.69) is 21.6 Å². The van der Waals surface area contributed by atoms with Crippen LogP contribution < -0.4 is 10.6 Å². The van der Waals surface area contributed by atoms with Crippen LogP contribution >= 0.6 is 24.8 Å². The monoisotopic (exact) mass is 445 g/mol. The molecule has 0 radical (unpaired) electrons. The van der Waals surface area contributed by atoms with Crippen LogP contribution in [-0.2, 0) is 11.3 Å². The van der Waals surface area contributed by atoms with Gasteiger partial charge in [-0.2, -0.15) is 0 Å². The summed E-state index contributed by atoms with van der Waals surface area (Å²) in [5.41, 5.74) is 3.30. The molecule has 4 nitrogen and oxygen atoms in total. The molecule has 2 aromatic carbocycles. The number of carbonyl (C=O) groups excluding carboxylic acids is 1. The van der Waals surface area contributed by atoms with Gasteiger partial charge in [-0.15, -0.1) is 24.8 Å². The molecule has 0 atom stereocenters. The SMILES string of the molecule is Cc1ccc(CN2CCCCC2)cc1NC(=O)CNc1ccc(F)c(F)c1.Cl.Cl. The van der Waals surface area contributed by atoms with Crippen molar-refractivity contribution in [3.63, 3.8) is 0 Å². The van der Waals surface area contributed by atoms with Gasteiger partial charge >= 0.3 is 0 Å². The van der Waals surface area contributed by atoms with E-state index in [-0.39, 0.29) is 37.3 Å². The molecule has 2 N–H and O–H groups in total. The third-order valence-corrected chi connectivity index (χ3v) is 4.80. The highest BCUT2D eigenvalue weighted by molar-refractivity contribution is 5.94. The number of nitrogens with one attached hydrogen (secondary N) is 2. The Bertz CT molecular complexity index is 815. The van der Waals surface area contributed by atoms with Crippen LogP contribution in [0.5, 0.6) is 0 Å². The second-order valence-corrected chi connectivity index (χ2v) is 7.02. The number of amides is 1. The topological polar surface area (TPSA) is 44.4 Å². The van der Waals surface area contributed by atoms with Gasteiger partial charge in [0, 0.05) is 24.0 Å². The first-order valence-corrected chi connectivity index (χ1v) is 9.32. The molecule has 1 saturated heterocycles. The fourth-order valence-corrected chi connectivity index (χ4v) is 3.26. The van der Waals surface area contributed by atoms with Crippen LogP contribution in [0.1, 0.15) is 30.4 Å². The lowest BCUT2D eigenvalue weighted by Gasteiger charge is -2.26. The minimum absolute atomic E-state index is 0. The van der Waals surface area contributed by atoms with E-state index in [1.54, 1.807) is 0 Å². The fourth-order valence-electron chi connectivity index (χ4n) is 3.26. The van der Waals surface area contributed by atoms with Crippen molar-refractivity contribution in [2.75, 3.05) is 30.3 Å². The summed E-state index contributed by atoms with van der Waals surface area (Å²) in [6, 6.07) is 9.59. The number of hydrogen-bond donors (Lipinski definition) is 2. The zero-order valence-corrected chi connectivity index (χ0v) is 18.0. The maximum atomic E-state index is 13.2. The summed E-state index contributed by atoms with van der Waals surface area (Å²) >= 11 is 0. The highest BCUT2D eigenvalue weighted by Crippen LogP contribution is 2.20. The quantitative estimate of drug-likeness (QED) is 0.645. The standard InChI is InChI=1S/C21H25F2N3O.2ClH/c1-15-5-6-16(14-26-9-3-2-4-10-26)11-20(15)25-21(27)13-24-17-7-8-18(22)19(23)12-17;;/h5-8,11-12,24H,2-4,9-10,13-14H2,1H3,(H,25,27);2*1H. The molecule has 1 aliphatic heterocycles. The Morgan fingerprint density at radius 3 is 2.41 bits per heavy atom. The summed E-state index contributed by atoms with van der Waals surface area (Å²) in [6.45, 7) is 5.04. The number of carbonyl (C=O) groups is 1.